The maximum Gasteiger partial charge on any atom is 0.230 e. The van der Waals surface area contributed by atoms with E-state index in [1.54, 1.807) is 35.2 Å². The normalized spacial score (nSPS) is 11.4. The molecule has 0 aliphatic heterocycles. The molecule has 0 saturated heterocycles. The van der Waals surface area contributed by atoms with Crippen LogP contribution < -0.4 is 10.0 Å². The molecule has 2 rings (SSSR count). The molecule has 0 fully saturated rings. The van der Waals surface area contributed by atoms with Crippen LogP contribution in [0, 0.1) is 0 Å². The first-order chi connectivity index (χ1) is 11.5. The van der Waals surface area contributed by atoms with Gasteiger partial charge in [0.1, 0.15) is 0 Å². The minimum Gasteiger partial charge on any atom is -0.351 e. The van der Waals surface area contributed by atoms with Crippen LogP contribution in [0.15, 0.2) is 41.8 Å². The Morgan fingerprint density at radius 2 is 1.88 bits per heavy atom. The molecule has 1 aromatic carbocycles. The maximum atomic E-state index is 11.8. The SMILES string of the molecule is CNS(=O)(=O)Cc1ccc(CNC(=O)CSCc2cccs2)cc1. The number of hydrogen-bond acceptors (Lipinski definition) is 5. The number of thiophene rings is 1. The number of sulfonamides is 1. The van der Waals surface area contributed by atoms with Crippen molar-refractivity contribution in [3.8, 4) is 0 Å². The lowest BCUT2D eigenvalue weighted by molar-refractivity contribution is -0.118. The van der Waals surface area contributed by atoms with Crippen LogP contribution in [-0.4, -0.2) is 27.1 Å². The number of carbonyl (C=O) groups excluding carboxylic acids is 1. The van der Waals surface area contributed by atoms with Crippen molar-refractivity contribution in [2.24, 2.45) is 0 Å². The zero-order chi connectivity index (χ0) is 17.4. The van der Waals surface area contributed by atoms with E-state index in [2.05, 4.69) is 16.1 Å². The second kappa shape index (κ2) is 9.22. The summed E-state index contributed by atoms with van der Waals surface area (Å²) in [5, 5.41) is 4.90. The van der Waals surface area contributed by atoms with Crippen LogP contribution in [0.5, 0.6) is 0 Å². The molecule has 1 amide bonds. The van der Waals surface area contributed by atoms with Gasteiger partial charge in [0.05, 0.1) is 11.5 Å². The van der Waals surface area contributed by atoms with Gasteiger partial charge in [0.25, 0.3) is 0 Å². The van der Waals surface area contributed by atoms with Crippen molar-refractivity contribution in [3.05, 3.63) is 57.8 Å². The molecule has 1 heterocycles. The molecule has 0 saturated carbocycles. The highest BCUT2D eigenvalue weighted by Crippen LogP contribution is 2.16. The zero-order valence-electron chi connectivity index (χ0n) is 13.3. The lowest BCUT2D eigenvalue weighted by atomic mass is 10.1. The minimum atomic E-state index is -3.26. The van der Waals surface area contributed by atoms with Crippen LogP contribution in [-0.2, 0) is 32.9 Å². The Bertz CT molecular complexity index is 741. The summed E-state index contributed by atoms with van der Waals surface area (Å²) < 4.78 is 25.3. The molecule has 0 atom stereocenters. The molecule has 1 aromatic heterocycles. The number of thioether (sulfide) groups is 1. The van der Waals surface area contributed by atoms with Crippen LogP contribution in [0.25, 0.3) is 0 Å². The van der Waals surface area contributed by atoms with Crippen molar-refractivity contribution in [3.63, 3.8) is 0 Å². The first kappa shape index (κ1) is 19.0. The summed E-state index contributed by atoms with van der Waals surface area (Å²) in [6, 6.07) is 11.3. The highest BCUT2D eigenvalue weighted by molar-refractivity contribution is 7.99. The molecule has 2 N–H and O–H groups in total. The van der Waals surface area contributed by atoms with E-state index in [9.17, 15) is 13.2 Å². The molecule has 0 aliphatic rings. The first-order valence-electron chi connectivity index (χ1n) is 7.34. The van der Waals surface area contributed by atoms with E-state index in [0.717, 1.165) is 11.3 Å². The summed E-state index contributed by atoms with van der Waals surface area (Å²) >= 11 is 3.28. The average Bonchev–Trinajstić information content (AvgIpc) is 3.07. The van der Waals surface area contributed by atoms with E-state index in [0.29, 0.717) is 17.9 Å². The largest absolute Gasteiger partial charge is 0.351 e. The Balaban J connectivity index is 1.72. The summed E-state index contributed by atoms with van der Waals surface area (Å²) in [4.78, 5) is 13.1. The third-order valence-electron chi connectivity index (χ3n) is 3.24. The van der Waals surface area contributed by atoms with Crippen molar-refractivity contribution in [1.82, 2.24) is 10.0 Å². The standard InChI is InChI=1S/C16H20N2O3S3/c1-17-24(20,21)12-14-6-4-13(5-7-14)9-18-16(19)11-22-10-15-3-2-8-23-15/h2-8,17H,9-12H2,1H3,(H,18,19). The number of rotatable bonds is 9. The fourth-order valence-corrected chi connectivity index (χ4v) is 4.41. The monoisotopic (exact) mass is 384 g/mol. The van der Waals surface area contributed by atoms with Crippen molar-refractivity contribution < 1.29 is 13.2 Å². The first-order valence-corrected chi connectivity index (χ1v) is 11.0. The third kappa shape index (κ3) is 6.64. The Morgan fingerprint density at radius 3 is 2.50 bits per heavy atom. The van der Waals surface area contributed by atoms with Crippen LogP contribution >= 0.6 is 23.1 Å². The highest BCUT2D eigenvalue weighted by Gasteiger charge is 2.08. The Kier molecular flexibility index (Phi) is 7.29. The average molecular weight is 385 g/mol. The molecule has 0 bridgehead atoms. The fourth-order valence-electron chi connectivity index (χ4n) is 1.94. The number of carbonyl (C=O) groups is 1. The molecule has 24 heavy (non-hydrogen) atoms. The molecule has 5 nitrogen and oxygen atoms in total. The Morgan fingerprint density at radius 1 is 1.17 bits per heavy atom. The summed E-state index contributed by atoms with van der Waals surface area (Å²) in [6.45, 7) is 0.442. The summed E-state index contributed by atoms with van der Waals surface area (Å²) in [7, 11) is -1.86. The highest BCUT2D eigenvalue weighted by atomic mass is 32.2. The Labute approximate surface area is 150 Å². The second-order valence-corrected chi connectivity index (χ2v) is 9.07. The molecule has 8 heteroatoms. The molecule has 0 aliphatic carbocycles. The lowest BCUT2D eigenvalue weighted by Gasteiger charge is -2.07. The smallest absolute Gasteiger partial charge is 0.230 e. The van der Waals surface area contributed by atoms with Gasteiger partial charge in [-0.2, -0.15) is 0 Å². The number of amides is 1. The van der Waals surface area contributed by atoms with Crippen LogP contribution in [0.3, 0.4) is 0 Å². The van der Waals surface area contributed by atoms with Crippen LogP contribution in [0.2, 0.25) is 0 Å². The molecule has 0 spiro atoms. The van der Waals surface area contributed by atoms with E-state index < -0.39 is 10.0 Å². The predicted molar refractivity (Wildman–Crippen MR) is 100 cm³/mol. The van der Waals surface area contributed by atoms with Crippen molar-refractivity contribution in [1.29, 1.82) is 0 Å². The van der Waals surface area contributed by atoms with Crippen LogP contribution in [0.1, 0.15) is 16.0 Å². The molecule has 2 aromatic rings. The lowest BCUT2D eigenvalue weighted by Crippen LogP contribution is -2.24. The topological polar surface area (TPSA) is 75.3 Å². The molecular weight excluding hydrogens is 364 g/mol. The van der Waals surface area contributed by atoms with Gasteiger partial charge < -0.3 is 5.32 Å². The summed E-state index contributed by atoms with van der Waals surface area (Å²) in [5.74, 6) is 1.23. The molecular formula is C16H20N2O3S3. The van der Waals surface area contributed by atoms with Gasteiger partial charge in [0.15, 0.2) is 0 Å². The minimum absolute atomic E-state index is 0.00149. The van der Waals surface area contributed by atoms with Gasteiger partial charge in [-0.3, -0.25) is 4.79 Å². The quantitative estimate of drug-likeness (QED) is 0.696. The molecule has 130 valence electrons. The molecule has 0 unspecified atom stereocenters. The summed E-state index contributed by atoms with van der Waals surface area (Å²) in [6.07, 6.45) is 0. The predicted octanol–water partition coefficient (Wildman–Crippen LogP) is 2.35. The van der Waals surface area contributed by atoms with E-state index in [-0.39, 0.29) is 11.7 Å². The second-order valence-electron chi connectivity index (χ2n) is 5.13. The van der Waals surface area contributed by atoms with Gasteiger partial charge in [-0.15, -0.1) is 23.1 Å². The summed E-state index contributed by atoms with van der Waals surface area (Å²) in [5.41, 5.74) is 1.66. The van der Waals surface area contributed by atoms with Gasteiger partial charge in [-0.25, -0.2) is 13.1 Å². The van der Waals surface area contributed by atoms with Crippen LogP contribution in [0.4, 0.5) is 0 Å². The van der Waals surface area contributed by atoms with Gasteiger partial charge in [0.2, 0.25) is 15.9 Å². The fraction of sp³-hybridized carbons (Fsp3) is 0.312. The van der Waals surface area contributed by atoms with E-state index >= 15 is 0 Å². The van der Waals surface area contributed by atoms with E-state index in [1.165, 1.54) is 11.9 Å². The van der Waals surface area contributed by atoms with E-state index in [1.807, 2.05) is 23.6 Å². The van der Waals surface area contributed by atoms with E-state index in [4.69, 9.17) is 0 Å². The van der Waals surface area contributed by atoms with Gasteiger partial charge in [-0.1, -0.05) is 30.3 Å². The Hall–Kier alpha value is -1.35. The maximum absolute atomic E-state index is 11.8. The van der Waals surface area contributed by atoms with Crippen molar-refractivity contribution in [2.75, 3.05) is 12.8 Å². The van der Waals surface area contributed by atoms with Gasteiger partial charge in [-0.05, 0) is 29.6 Å². The number of benzene rings is 1. The molecule has 0 radical (unpaired) electrons. The van der Waals surface area contributed by atoms with Crippen molar-refractivity contribution >= 4 is 39.0 Å². The van der Waals surface area contributed by atoms with Crippen molar-refractivity contribution in [2.45, 2.75) is 18.1 Å². The third-order valence-corrected chi connectivity index (χ3v) is 6.61. The number of hydrogen-bond donors (Lipinski definition) is 2. The number of nitrogens with one attached hydrogen (secondary N) is 2. The zero-order valence-corrected chi connectivity index (χ0v) is 15.8. The van der Waals surface area contributed by atoms with Gasteiger partial charge in [0, 0.05) is 17.2 Å². The van der Waals surface area contributed by atoms with Gasteiger partial charge >= 0.3 is 0 Å².